The van der Waals surface area contributed by atoms with E-state index in [4.69, 9.17) is 14.2 Å². The summed E-state index contributed by atoms with van der Waals surface area (Å²) >= 11 is 0. The number of aliphatic hydroxyl groups excluding tert-OH is 1. The maximum atomic E-state index is 14.1. The molecule has 3 aromatic carbocycles. The monoisotopic (exact) mass is 646 g/mol. The molecule has 10 heteroatoms. The van der Waals surface area contributed by atoms with Gasteiger partial charge in [0.2, 0.25) is 0 Å². The number of hydrogen-bond acceptors (Lipinski definition) is 7. The molecule has 3 atom stereocenters. The van der Waals surface area contributed by atoms with Crippen molar-refractivity contribution in [2.45, 2.75) is 71.5 Å². The molecule has 0 spiro atoms. The Morgan fingerprint density at radius 3 is 2.39 bits per heavy atom. The van der Waals surface area contributed by atoms with Crippen LogP contribution in [0.3, 0.4) is 0 Å². The maximum Gasteiger partial charge on any atom is 1.00 e. The van der Waals surface area contributed by atoms with Crippen LogP contribution in [0.15, 0.2) is 86.9 Å². The van der Waals surface area contributed by atoms with E-state index in [-0.39, 0.29) is 76.5 Å². The van der Waals surface area contributed by atoms with Gasteiger partial charge in [-0.15, -0.1) is 0 Å². The maximum absolute atomic E-state index is 14.1. The number of benzene rings is 3. The second kappa shape index (κ2) is 15.2. The molecule has 0 bridgehead atoms. The number of aliphatic hydroxyl groups is 1. The summed E-state index contributed by atoms with van der Waals surface area (Å²) < 4.78 is 12.6. The molecular formula is C36H39KN4O5. The zero-order valence-corrected chi connectivity index (χ0v) is 29.9. The standard InChI is InChI=1S/C36H38N4O5.K.H/c1-4-7-32-31(21-24-10-12-25(13-11-24)29-8-5-6-9-30(29)34-38-36(43)45-39-34)35(42)40(23(3)37-32)26-14-16-27(17-15-26)44-28-18-19-33(41)22(2)20-28;;/h5-6,8-17,22,28,33,41H,4,7,18-21H2,1-3H3,(H,38,39,43);;/q;+1;-1. The average molecular weight is 647 g/mol. The third kappa shape index (κ3) is 7.54. The van der Waals surface area contributed by atoms with Gasteiger partial charge in [-0.1, -0.05) is 74.0 Å². The van der Waals surface area contributed by atoms with Crippen LogP contribution in [0.2, 0.25) is 0 Å². The van der Waals surface area contributed by atoms with Gasteiger partial charge in [-0.3, -0.25) is 18.9 Å². The van der Waals surface area contributed by atoms with Gasteiger partial charge in [0.25, 0.3) is 5.56 Å². The number of rotatable bonds is 9. The Morgan fingerprint density at radius 2 is 1.74 bits per heavy atom. The van der Waals surface area contributed by atoms with E-state index in [2.05, 4.69) is 24.0 Å². The van der Waals surface area contributed by atoms with Crippen LogP contribution in [-0.4, -0.2) is 37.0 Å². The van der Waals surface area contributed by atoms with Gasteiger partial charge in [0.15, 0.2) is 5.82 Å². The molecule has 6 rings (SSSR count). The fourth-order valence-corrected chi connectivity index (χ4v) is 6.24. The summed E-state index contributed by atoms with van der Waals surface area (Å²) in [5.74, 6) is 1.39. The molecule has 0 radical (unpaired) electrons. The fraction of sp³-hybridized carbons (Fsp3) is 0.333. The molecule has 1 aliphatic carbocycles. The Morgan fingerprint density at radius 1 is 1.02 bits per heavy atom. The van der Waals surface area contributed by atoms with E-state index in [1.165, 1.54) is 0 Å². The number of aromatic nitrogens is 4. The fourth-order valence-electron chi connectivity index (χ4n) is 6.24. The van der Waals surface area contributed by atoms with Crippen LogP contribution in [0, 0.1) is 12.8 Å². The first-order valence-corrected chi connectivity index (χ1v) is 15.6. The average Bonchev–Trinajstić information content (AvgIpc) is 3.48. The van der Waals surface area contributed by atoms with Gasteiger partial charge in [-0.2, -0.15) is 0 Å². The Labute approximate surface area is 312 Å². The van der Waals surface area contributed by atoms with Crippen LogP contribution in [-0.2, 0) is 12.8 Å². The van der Waals surface area contributed by atoms with Crippen molar-refractivity contribution in [1.29, 1.82) is 0 Å². The SMILES string of the molecule is CCCc1nc(C)n(-c2ccc(OC3CCC(O)C(C)C3)cc2)c(=O)c1Cc1ccc(-c2ccccc2-c2noc(=O)[nH]2)cc1.[H-].[K+]. The number of hydrogen-bond donors (Lipinski definition) is 2. The molecule has 1 fully saturated rings. The molecule has 46 heavy (non-hydrogen) atoms. The molecule has 0 saturated heterocycles. The predicted molar refractivity (Wildman–Crippen MR) is 174 cm³/mol. The summed E-state index contributed by atoms with van der Waals surface area (Å²) in [5.41, 5.74) is 5.80. The van der Waals surface area contributed by atoms with Crippen LogP contribution in [0.4, 0.5) is 0 Å². The molecule has 2 N–H and O–H groups in total. The minimum absolute atomic E-state index is 0. The van der Waals surface area contributed by atoms with E-state index in [0.29, 0.717) is 23.6 Å². The number of aryl methyl sites for hydroxylation is 2. The normalized spacial score (nSPS) is 17.8. The molecule has 9 nitrogen and oxygen atoms in total. The van der Waals surface area contributed by atoms with Crippen LogP contribution in [0.5, 0.6) is 5.75 Å². The Bertz CT molecular complexity index is 1900. The number of nitrogens with one attached hydrogen (secondary N) is 1. The first-order chi connectivity index (χ1) is 21.8. The molecule has 5 aromatic rings. The van der Waals surface area contributed by atoms with E-state index in [1.807, 2.05) is 79.7 Å². The molecular weight excluding hydrogens is 608 g/mol. The van der Waals surface area contributed by atoms with Crippen molar-refractivity contribution in [3.8, 4) is 34.0 Å². The summed E-state index contributed by atoms with van der Waals surface area (Å²) in [6, 6.07) is 23.4. The van der Waals surface area contributed by atoms with Crippen LogP contribution in [0.1, 0.15) is 63.6 Å². The number of H-pyrrole nitrogens is 1. The number of nitrogens with zero attached hydrogens (tertiary/aromatic N) is 3. The summed E-state index contributed by atoms with van der Waals surface area (Å²) in [5, 5.41) is 13.9. The van der Waals surface area contributed by atoms with Gasteiger partial charge in [0.05, 0.1) is 23.6 Å². The Hall–Kier alpha value is -3.12. The second-order valence-corrected chi connectivity index (χ2v) is 11.9. The topological polar surface area (TPSA) is 123 Å². The van der Waals surface area contributed by atoms with Gasteiger partial charge in [-0.25, -0.2) is 9.78 Å². The first kappa shape index (κ1) is 34.2. The second-order valence-electron chi connectivity index (χ2n) is 11.9. The summed E-state index contributed by atoms with van der Waals surface area (Å²) in [6.45, 7) is 6.02. The van der Waals surface area contributed by atoms with Gasteiger partial charge < -0.3 is 11.3 Å². The minimum Gasteiger partial charge on any atom is -1.00 e. The van der Waals surface area contributed by atoms with Crippen molar-refractivity contribution in [1.82, 2.24) is 19.7 Å². The van der Waals surface area contributed by atoms with E-state index in [0.717, 1.165) is 71.5 Å². The van der Waals surface area contributed by atoms with Crippen molar-refractivity contribution < 1.29 is 67.2 Å². The van der Waals surface area contributed by atoms with E-state index < -0.39 is 5.76 Å². The van der Waals surface area contributed by atoms with Gasteiger partial charge in [0, 0.05) is 17.5 Å². The van der Waals surface area contributed by atoms with Crippen molar-refractivity contribution >= 4 is 0 Å². The molecule has 0 aliphatic heterocycles. The zero-order chi connectivity index (χ0) is 31.5. The van der Waals surface area contributed by atoms with Crippen LogP contribution >= 0.6 is 0 Å². The van der Waals surface area contributed by atoms with Crippen LogP contribution < -0.4 is 67.4 Å². The smallest absolute Gasteiger partial charge is 1.00 e. The largest absolute Gasteiger partial charge is 1.00 e. The molecule has 1 aliphatic rings. The van der Waals surface area contributed by atoms with Gasteiger partial charge in [0.1, 0.15) is 11.6 Å². The quantitative estimate of drug-likeness (QED) is 0.236. The minimum atomic E-state index is -0.602. The van der Waals surface area contributed by atoms with Gasteiger partial charge >= 0.3 is 57.1 Å². The molecule has 1 saturated carbocycles. The number of aromatic amines is 1. The first-order valence-electron chi connectivity index (χ1n) is 15.6. The van der Waals surface area contributed by atoms with E-state index in [9.17, 15) is 14.7 Å². The zero-order valence-electron chi connectivity index (χ0n) is 27.8. The van der Waals surface area contributed by atoms with Crippen molar-refractivity contribution in [2.75, 3.05) is 0 Å². The van der Waals surface area contributed by atoms with Crippen molar-refractivity contribution in [3.05, 3.63) is 116 Å². The van der Waals surface area contributed by atoms with Crippen molar-refractivity contribution in [3.63, 3.8) is 0 Å². The third-order valence-electron chi connectivity index (χ3n) is 8.66. The predicted octanol–water partition coefficient (Wildman–Crippen LogP) is 3.14. The molecule has 2 heterocycles. The Kier molecular flexibility index (Phi) is 11.3. The van der Waals surface area contributed by atoms with Crippen molar-refractivity contribution in [2.24, 2.45) is 5.92 Å². The molecule has 3 unspecified atom stereocenters. The van der Waals surface area contributed by atoms with Gasteiger partial charge in [-0.05, 0) is 79.5 Å². The van der Waals surface area contributed by atoms with E-state index >= 15 is 0 Å². The summed E-state index contributed by atoms with van der Waals surface area (Å²) in [7, 11) is 0. The summed E-state index contributed by atoms with van der Waals surface area (Å²) in [6.07, 6.45) is 4.27. The third-order valence-corrected chi connectivity index (χ3v) is 8.66. The molecule has 0 amide bonds. The molecule has 234 valence electrons. The van der Waals surface area contributed by atoms with Crippen LogP contribution in [0.25, 0.3) is 28.2 Å². The summed E-state index contributed by atoms with van der Waals surface area (Å²) in [4.78, 5) is 33.1. The van der Waals surface area contributed by atoms with E-state index in [1.54, 1.807) is 4.57 Å². The molecule has 2 aromatic heterocycles. The Balaban J connectivity index is 0.00000250. The number of ether oxygens (including phenoxy) is 1.